The lowest BCUT2D eigenvalue weighted by Crippen LogP contribution is -2.19. The van der Waals surface area contributed by atoms with Gasteiger partial charge in [-0.2, -0.15) is 0 Å². The van der Waals surface area contributed by atoms with Gasteiger partial charge in [0.25, 0.3) is 0 Å². The van der Waals surface area contributed by atoms with Crippen LogP contribution in [-0.4, -0.2) is 19.2 Å². The largest absolute Gasteiger partial charge is 0.489 e. The van der Waals surface area contributed by atoms with Crippen molar-refractivity contribution < 1.29 is 4.74 Å². The third-order valence-corrected chi connectivity index (χ3v) is 3.98. The van der Waals surface area contributed by atoms with Gasteiger partial charge in [0.2, 0.25) is 0 Å². The van der Waals surface area contributed by atoms with Crippen LogP contribution >= 0.6 is 15.9 Å². The van der Waals surface area contributed by atoms with E-state index in [2.05, 4.69) is 47.2 Å². The lowest BCUT2D eigenvalue weighted by atomic mass is 10.1. The fourth-order valence-corrected chi connectivity index (χ4v) is 2.12. The van der Waals surface area contributed by atoms with E-state index in [4.69, 9.17) is 4.74 Å². The molecule has 15 heavy (non-hydrogen) atoms. The average molecular weight is 270 g/mol. The molecule has 1 atom stereocenters. The normalized spacial score (nSPS) is 20.6. The van der Waals surface area contributed by atoms with Crippen LogP contribution in [0.4, 0.5) is 0 Å². The van der Waals surface area contributed by atoms with Gasteiger partial charge >= 0.3 is 0 Å². The van der Waals surface area contributed by atoms with Gasteiger partial charge in [-0.05, 0) is 50.1 Å². The monoisotopic (exact) mass is 269 g/mol. The number of benzene rings is 1. The van der Waals surface area contributed by atoms with E-state index in [1.165, 1.54) is 15.6 Å². The first kappa shape index (κ1) is 11.0. The molecule has 1 N–H and O–H groups in total. The maximum Gasteiger partial charge on any atom is 0.120 e. The predicted octanol–water partition coefficient (Wildman–Crippen LogP) is 2.81. The maximum atomic E-state index is 5.91. The minimum absolute atomic E-state index is 0.338. The van der Waals surface area contributed by atoms with Crippen molar-refractivity contribution in [2.45, 2.75) is 26.4 Å². The number of hydrogen-bond donors (Lipinski definition) is 1. The standard InChI is InChI=1S/C12H16BrNO/c1-8-5-11(6-9(2)12(8)13)15-10-3-4-14-7-10/h5-6,10,14H,3-4,7H2,1-2H3/t10-/m0/s1. The molecular formula is C12H16BrNO. The molecule has 0 aliphatic carbocycles. The first-order valence-electron chi connectivity index (χ1n) is 5.31. The van der Waals surface area contributed by atoms with Crippen molar-refractivity contribution in [1.29, 1.82) is 0 Å². The molecule has 1 aromatic carbocycles. The van der Waals surface area contributed by atoms with E-state index in [0.29, 0.717) is 6.10 Å². The van der Waals surface area contributed by atoms with Gasteiger partial charge in [0.15, 0.2) is 0 Å². The van der Waals surface area contributed by atoms with Crippen LogP contribution in [0.15, 0.2) is 16.6 Å². The Morgan fingerprint density at radius 1 is 1.33 bits per heavy atom. The maximum absolute atomic E-state index is 5.91. The molecule has 1 heterocycles. The molecule has 1 aromatic rings. The van der Waals surface area contributed by atoms with Crippen LogP contribution in [0, 0.1) is 13.8 Å². The number of halogens is 1. The molecular weight excluding hydrogens is 254 g/mol. The van der Waals surface area contributed by atoms with Crippen molar-refractivity contribution in [3.63, 3.8) is 0 Å². The van der Waals surface area contributed by atoms with E-state index >= 15 is 0 Å². The summed E-state index contributed by atoms with van der Waals surface area (Å²) in [5.41, 5.74) is 2.46. The van der Waals surface area contributed by atoms with Crippen molar-refractivity contribution in [2.75, 3.05) is 13.1 Å². The third kappa shape index (κ3) is 2.52. The Hall–Kier alpha value is -0.540. The van der Waals surface area contributed by atoms with E-state index in [1.807, 2.05) is 0 Å². The summed E-state index contributed by atoms with van der Waals surface area (Å²) in [7, 11) is 0. The molecule has 0 aromatic heterocycles. The highest BCUT2D eigenvalue weighted by Crippen LogP contribution is 2.27. The molecule has 1 aliphatic heterocycles. The number of ether oxygens (including phenoxy) is 1. The first-order valence-corrected chi connectivity index (χ1v) is 6.10. The van der Waals surface area contributed by atoms with Gasteiger partial charge in [0, 0.05) is 11.0 Å². The number of aryl methyl sites for hydroxylation is 2. The second-order valence-corrected chi connectivity index (χ2v) is 4.90. The zero-order chi connectivity index (χ0) is 10.8. The molecule has 0 bridgehead atoms. The minimum Gasteiger partial charge on any atom is -0.489 e. The Labute approximate surface area is 99.1 Å². The topological polar surface area (TPSA) is 21.3 Å². The van der Waals surface area contributed by atoms with Gasteiger partial charge in [0.1, 0.15) is 11.9 Å². The smallest absolute Gasteiger partial charge is 0.120 e. The summed E-state index contributed by atoms with van der Waals surface area (Å²) in [6.07, 6.45) is 1.44. The van der Waals surface area contributed by atoms with Crippen LogP contribution in [0.2, 0.25) is 0 Å². The van der Waals surface area contributed by atoms with Crippen LogP contribution in [0.25, 0.3) is 0 Å². The van der Waals surface area contributed by atoms with E-state index < -0.39 is 0 Å². The van der Waals surface area contributed by atoms with Crippen molar-refractivity contribution in [2.24, 2.45) is 0 Å². The van der Waals surface area contributed by atoms with Crippen LogP contribution in [-0.2, 0) is 0 Å². The van der Waals surface area contributed by atoms with Crippen LogP contribution in [0.3, 0.4) is 0 Å². The molecule has 0 saturated carbocycles. The van der Waals surface area contributed by atoms with Gasteiger partial charge < -0.3 is 10.1 Å². The summed E-state index contributed by atoms with van der Waals surface area (Å²) in [5, 5.41) is 3.30. The van der Waals surface area contributed by atoms with Crippen LogP contribution in [0.5, 0.6) is 5.75 Å². The molecule has 2 rings (SSSR count). The molecule has 0 radical (unpaired) electrons. The molecule has 0 amide bonds. The van der Waals surface area contributed by atoms with Gasteiger partial charge in [-0.1, -0.05) is 15.9 Å². The van der Waals surface area contributed by atoms with Gasteiger partial charge in [-0.15, -0.1) is 0 Å². The van der Waals surface area contributed by atoms with Crippen molar-refractivity contribution in [3.8, 4) is 5.75 Å². The van der Waals surface area contributed by atoms with Crippen molar-refractivity contribution >= 4 is 15.9 Å². The van der Waals surface area contributed by atoms with Crippen LogP contribution < -0.4 is 10.1 Å². The molecule has 1 fully saturated rings. The lowest BCUT2D eigenvalue weighted by Gasteiger charge is -2.14. The lowest BCUT2D eigenvalue weighted by molar-refractivity contribution is 0.223. The molecule has 1 aliphatic rings. The van der Waals surface area contributed by atoms with E-state index in [1.54, 1.807) is 0 Å². The summed E-state index contributed by atoms with van der Waals surface area (Å²) in [6.45, 7) is 6.22. The molecule has 0 spiro atoms. The van der Waals surface area contributed by atoms with Crippen molar-refractivity contribution in [3.05, 3.63) is 27.7 Å². The van der Waals surface area contributed by atoms with Crippen LogP contribution in [0.1, 0.15) is 17.5 Å². The SMILES string of the molecule is Cc1cc(O[C@H]2CCNC2)cc(C)c1Br. The van der Waals surface area contributed by atoms with Gasteiger partial charge in [-0.3, -0.25) is 0 Å². The van der Waals surface area contributed by atoms with Crippen molar-refractivity contribution in [1.82, 2.24) is 5.32 Å². The summed E-state index contributed by atoms with van der Waals surface area (Å²) >= 11 is 3.56. The fraction of sp³-hybridized carbons (Fsp3) is 0.500. The predicted molar refractivity (Wildman–Crippen MR) is 65.5 cm³/mol. The highest BCUT2D eigenvalue weighted by atomic mass is 79.9. The summed E-state index contributed by atoms with van der Waals surface area (Å²) in [6, 6.07) is 4.19. The van der Waals surface area contributed by atoms with Gasteiger partial charge in [-0.25, -0.2) is 0 Å². The highest BCUT2D eigenvalue weighted by Gasteiger charge is 2.16. The Bertz CT molecular complexity index is 336. The average Bonchev–Trinajstić information content (AvgIpc) is 2.66. The zero-order valence-corrected chi connectivity index (χ0v) is 10.7. The number of nitrogens with one attached hydrogen (secondary N) is 1. The molecule has 0 unspecified atom stereocenters. The molecule has 82 valence electrons. The minimum atomic E-state index is 0.338. The van der Waals surface area contributed by atoms with E-state index in [-0.39, 0.29) is 0 Å². The number of hydrogen-bond acceptors (Lipinski definition) is 2. The number of rotatable bonds is 2. The molecule has 1 saturated heterocycles. The first-order chi connectivity index (χ1) is 7.16. The fourth-order valence-electron chi connectivity index (χ4n) is 1.90. The Morgan fingerprint density at radius 2 is 2.00 bits per heavy atom. The van der Waals surface area contributed by atoms with E-state index in [0.717, 1.165) is 25.3 Å². The zero-order valence-electron chi connectivity index (χ0n) is 9.14. The quantitative estimate of drug-likeness (QED) is 0.892. The Balaban J connectivity index is 2.14. The molecule has 2 nitrogen and oxygen atoms in total. The third-order valence-electron chi connectivity index (χ3n) is 2.73. The summed E-state index contributed by atoms with van der Waals surface area (Å²) in [5.74, 6) is 0.988. The van der Waals surface area contributed by atoms with E-state index in [9.17, 15) is 0 Å². The summed E-state index contributed by atoms with van der Waals surface area (Å²) in [4.78, 5) is 0. The Morgan fingerprint density at radius 3 is 2.53 bits per heavy atom. The summed E-state index contributed by atoms with van der Waals surface area (Å²) < 4.78 is 7.09. The highest BCUT2D eigenvalue weighted by molar-refractivity contribution is 9.10. The van der Waals surface area contributed by atoms with Gasteiger partial charge in [0.05, 0.1) is 0 Å². The molecule has 3 heteroatoms. The Kier molecular flexibility index (Phi) is 3.32. The second kappa shape index (κ2) is 4.54. The second-order valence-electron chi connectivity index (χ2n) is 4.10.